The first-order valence-corrected chi connectivity index (χ1v) is 6.45. The lowest BCUT2D eigenvalue weighted by Gasteiger charge is -2.05. The first-order chi connectivity index (χ1) is 7.93. The Balaban J connectivity index is 1.87. The molecule has 2 heterocycles. The summed E-state index contributed by atoms with van der Waals surface area (Å²) in [7, 11) is 0. The first kappa shape index (κ1) is 10.00. The van der Waals surface area contributed by atoms with E-state index in [-0.39, 0.29) is 5.44 Å². The molecule has 1 atom stereocenters. The average molecular weight is 231 g/mol. The maximum absolute atomic E-state index is 5.64. The van der Waals surface area contributed by atoms with Crippen LogP contribution in [0, 0.1) is 0 Å². The van der Waals surface area contributed by atoms with E-state index >= 15 is 0 Å². The van der Waals surface area contributed by atoms with Crippen LogP contribution in [0.5, 0.6) is 0 Å². The van der Waals surface area contributed by atoms with Gasteiger partial charge in [0.05, 0.1) is 6.61 Å². The molecule has 1 saturated heterocycles. The van der Waals surface area contributed by atoms with Gasteiger partial charge in [-0.25, -0.2) is 0 Å². The standard InChI is InChI=1S/C13H13NOS/c1-2-4-12(5-3-1)14-7-6-11(10-14)13-15-8-9-16-13/h1-7,10,13H,8-9H2/t13-/m1/s1. The van der Waals surface area contributed by atoms with Gasteiger partial charge in [-0.1, -0.05) is 18.2 Å². The Morgan fingerprint density at radius 3 is 2.81 bits per heavy atom. The third kappa shape index (κ3) is 1.88. The topological polar surface area (TPSA) is 14.2 Å². The molecule has 3 heteroatoms. The number of rotatable bonds is 2. The summed E-state index contributed by atoms with van der Waals surface area (Å²) >= 11 is 1.87. The summed E-state index contributed by atoms with van der Waals surface area (Å²) in [5.74, 6) is 1.10. The summed E-state index contributed by atoms with van der Waals surface area (Å²) < 4.78 is 7.77. The predicted octanol–water partition coefficient (Wildman–Crippen LogP) is 3.24. The van der Waals surface area contributed by atoms with Gasteiger partial charge in [-0.05, 0) is 18.2 Å². The van der Waals surface area contributed by atoms with Gasteiger partial charge in [0.25, 0.3) is 0 Å². The molecule has 3 rings (SSSR count). The van der Waals surface area contributed by atoms with Gasteiger partial charge in [-0.3, -0.25) is 0 Å². The van der Waals surface area contributed by atoms with Crippen molar-refractivity contribution in [3.8, 4) is 5.69 Å². The Bertz CT molecular complexity index is 460. The number of nitrogens with zero attached hydrogens (tertiary/aromatic N) is 1. The lowest BCUT2D eigenvalue weighted by Crippen LogP contribution is -1.92. The van der Waals surface area contributed by atoms with Crippen molar-refractivity contribution in [1.29, 1.82) is 0 Å². The lowest BCUT2D eigenvalue weighted by atomic mass is 10.3. The van der Waals surface area contributed by atoms with Crippen molar-refractivity contribution in [2.75, 3.05) is 12.4 Å². The number of benzene rings is 1. The van der Waals surface area contributed by atoms with Crippen molar-refractivity contribution in [3.63, 3.8) is 0 Å². The minimum absolute atomic E-state index is 0.227. The van der Waals surface area contributed by atoms with E-state index in [2.05, 4.69) is 47.3 Å². The molecule has 82 valence electrons. The monoisotopic (exact) mass is 231 g/mol. The minimum atomic E-state index is 0.227. The maximum Gasteiger partial charge on any atom is 0.130 e. The van der Waals surface area contributed by atoms with Crippen molar-refractivity contribution in [2.45, 2.75) is 5.44 Å². The Labute approximate surface area is 99.2 Å². The summed E-state index contributed by atoms with van der Waals surface area (Å²) in [6.45, 7) is 0.867. The second kappa shape index (κ2) is 4.36. The van der Waals surface area contributed by atoms with Gasteiger partial charge >= 0.3 is 0 Å². The summed E-state index contributed by atoms with van der Waals surface area (Å²) in [5, 5.41) is 0. The number of ether oxygens (including phenoxy) is 1. The fraction of sp³-hybridized carbons (Fsp3) is 0.231. The molecule has 0 radical (unpaired) electrons. The van der Waals surface area contributed by atoms with E-state index in [9.17, 15) is 0 Å². The number of hydrogen-bond acceptors (Lipinski definition) is 2. The zero-order valence-corrected chi connectivity index (χ0v) is 9.69. The molecule has 2 nitrogen and oxygen atoms in total. The van der Waals surface area contributed by atoms with Gasteiger partial charge in [0.15, 0.2) is 0 Å². The zero-order chi connectivity index (χ0) is 10.8. The SMILES string of the molecule is c1ccc(-n2ccc([C@@H]3OCCS3)c2)cc1. The molecule has 1 aromatic carbocycles. The lowest BCUT2D eigenvalue weighted by molar-refractivity contribution is 0.145. The molecule has 0 unspecified atom stereocenters. The minimum Gasteiger partial charge on any atom is -0.362 e. The van der Waals surface area contributed by atoms with Crippen molar-refractivity contribution in [3.05, 3.63) is 54.4 Å². The highest BCUT2D eigenvalue weighted by Crippen LogP contribution is 2.35. The molecule has 1 aliphatic heterocycles. The van der Waals surface area contributed by atoms with Crippen LogP contribution >= 0.6 is 11.8 Å². The second-order valence-electron chi connectivity index (χ2n) is 3.76. The van der Waals surface area contributed by atoms with Crippen LogP contribution in [0.3, 0.4) is 0 Å². The number of hydrogen-bond donors (Lipinski definition) is 0. The van der Waals surface area contributed by atoms with Crippen LogP contribution in [-0.4, -0.2) is 16.9 Å². The van der Waals surface area contributed by atoms with E-state index in [1.165, 1.54) is 11.3 Å². The smallest absolute Gasteiger partial charge is 0.130 e. The number of aromatic nitrogens is 1. The van der Waals surface area contributed by atoms with Gasteiger partial charge in [0.2, 0.25) is 0 Å². The second-order valence-corrected chi connectivity index (χ2v) is 4.93. The van der Waals surface area contributed by atoms with Gasteiger partial charge in [0, 0.05) is 29.4 Å². The molecule has 2 aromatic rings. The van der Waals surface area contributed by atoms with E-state index in [0.29, 0.717) is 0 Å². The van der Waals surface area contributed by atoms with Crippen LogP contribution < -0.4 is 0 Å². The van der Waals surface area contributed by atoms with E-state index in [1.54, 1.807) is 0 Å². The summed E-state index contributed by atoms with van der Waals surface area (Å²) in [4.78, 5) is 0. The molecule has 0 amide bonds. The average Bonchev–Trinajstić information content (AvgIpc) is 3.01. The van der Waals surface area contributed by atoms with Crippen LogP contribution in [0.2, 0.25) is 0 Å². The Kier molecular flexibility index (Phi) is 2.72. The fourth-order valence-corrected chi connectivity index (χ4v) is 2.79. The summed E-state index contributed by atoms with van der Waals surface area (Å²) in [6.07, 6.45) is 4.24. The Morgan fingerprint density at radius 2 is 2.06 bits per heavy atom. The van der Waals surface area contributed by atoms with Crippen LogP contribution in [0.4, 0.5) is 0 Å². The molecule has 1 aliphatic rings. The molecular formula is C13H13NOS. The molecule has 0 N–H and O–H groups in total. The molecule has 16 heavy (non-hydrogen) atoms. The predicted molar refractivity (Wildman–Crippen MR) is 66.9 cm³/mol. The Morgan fingerprint density at radius 1 is 1.19 bits per heavy atom. The summed E-state index contributed by atoms with van der Waals surface area (Å²) in [5.41, 5.74) is 2.67. The molecule has 0 saturated carbocycles. The normalized spacial score (nSPS) is 20.1. The number of para-hydroxylation sites is 1. The van der Waals surface area contributed by atoms with Gasteiger partial charge in [-0.2, -0.15) is 0 Å². The summed E-state index contributed by atoms with van der Waals surface area (Å²) in [6, 6.07) is 12.5. The first-order valence-electron chi connectivity index (χ1n) is 5.40. The van der Waals surface area contributed by atoms with Crippen LogP contribution in [0.1, 0.15) is 11.0 Å². The highest BCUT2D eigenvalue weighted by atomic mass is 32.2. The van der Waals surface area contributed by atoms with E-state index < -0.39 is 0 Å². The Hall–Kier alpha value is -1.19. The molecule has 1 aromatic heterocycles. The molecule has 0 aliphatic carbocycles. The van der Waals surface area contributed by atoms with Gasteiger partial charge in [0.1, 0.15) is 5.44 Å². The molecule has 0 spiro atoms. The van der Waals surface area contributed by atoms with Crippen LogP contribution in [0.25, 0.3) is 5.69 Å². The van der Waals surface area contributed by atoms with Gasteiger partial charge < -0.3 is 9.30 Å². The fourth-order valence-electron chi connectivity index (χ4n) is 1.86. The quantitative estimate of drug-likeness (QED) is 0.787. The number of thioether (sulfide) groups is 1. The van der Waals surface area contributed by atoms with Crippen molar-refractivity contribution < 1.29 is 4.74 Å². The molecular weight excluding hydrogens is 218 g/mol. The molecule has 1 fully saturated rings. The maximum atomic E-state index is 5.64. The largest absolute Gasteiger partial charge is 0.362 e. The highest BCUT2D eigenvalue weighted by molar-refractivity contribution is 7.99. The van der Waals surface area contributed by atoms with E-state index in [4.69, 9.17) is 4.74 Å². The zero-order valence-electron chi connectivity index (χ0n) is 8.87. The van der Waals surface area contributed by atoms with Gasteiger partial charge in [-0.15, -0.1) is 11.8 Å². The van der Waals surface area contributed by atoms with Crippen LogP contribution in [0.15, 0.2) is 48.8 Å². The van der Waals surface area contributed by atoms with Crippen molar-refractivity contribution >= 4 is 11.8 Å². The van der Waals surface area contributed by atoms with Crippen molar-refractivity contribution in [1.82, 2.24) is 4.57 Å². The van der Waals surface area contributed by atoms with Crippen LogP contribution in [-0.2, 0) is 4.74 Å². The molecule has 0 bridgehead atoms. The van der Waals surface area contributed by atoms with E-state index in [0.717, 1.165) is 12.4 Å². The van der Waals surface area contributed by atoms with E-state index in [1.807, 2.05) is 17.8 Å². The highest BCUT2D eigenvalue weighted by Gasteiger charge is 2.19. The third-order valence-corrected chi connectivity index (χ3v) is 3.78. The van der Waals surface area contributed by atoms with Crippen molar-refractivity contribution in [2.24, 2.45) is 0 Å². The third-order valence-electron chi connectivity index (χ3n) is 2.66.